The van der Waals surface area contributed by atoms with E-state index in [4.69, 9.17) is 14.2 Å². The zero-order chi connectivity index (χ0) is 17.7. The van der Waals surface area contributed by atoms with Crippen molar-refractivity contribution in [1.82, 2.24) is 9.55 Å². The average Bonchev–Trinajstić information content (AvgIpc) is 3.39. The van der Waals surface area contributed by atoms with E-state index in [9.17, 15) is 5.11 Å². The lowest BCUT2D eigenvalue weighted by atomic mass is 10.0. The first-order chi connectivity index (χ1) is 12.8. The number of aliphatic hydroxyl groups is 1. The third kappa shape index (κ3) is 2.47. The highest BCUT2D eigenvalue weighted by molar-refractivity contribution is 5.68. The van der Waals surface area contributed by atoms with Crippen molar-refractivity contribution < 1.29 is 19.3 Å². The van der Waals surface area contributed by atoms with Gasteiger partial charge in [0.1, 0.15) is 29.9 Å². The molecule has 1 N–H and O–H groups in total. The van der Waals surface area contributed by atoms with Crippen LogP contribution in [0.3, 0.4) is 0 Å². The third-order valence-electron chi connectivity index (χ3n) is 5.76. The van der Waals surface area contributed by atoms with E-state index < -0.39 is 6.10 Å². The van der Waals surface area contributed by atoms with E-state index in [1.165, 1.54) is 17.5 Å². The second-order valence-electron chi connectivity index (χ2n) is 7.29. The molecular weight excluding hydrogens is 332 g/mol. The van der Waals surface area contributed by atoms with Crippen molar-refractivity contribution in [2.45, 2.75) is 50.5 Å². The van der Waals surface area contributed by atoms with Crippen molar-refractivity contribution in [3.63, 3.8) is 0 Å². The normalized spacial score (nSPS) is 29.8. The molecule has 0 amide bonds. The van der Waals surface area contributed by atoms with E-state index in [1.807, 2.05) is 19.3 Å². The van der Waals surface area contributed by atoms with Crippen LogP contribution < -0.4 is 4.74 Å². The molecule has 3 heterocycles. The fourth-order valence-electron chi connectivity index (χ4n) is 4.54. The number of aryl methyl sites for hydroxylation is 2. The van der Waals surface area contributed by atoms with Crippen LogP contribution in [0.25, 0.3) is 11.4 Å². The van der Waals surface area contributed by atoms with Crippen LogP contribution in [-0.4, -0.2) is 52.8 Å². The predicted octanol–water partition coefficient (Wildman–Crippen LogP) is 2.14. The van der Waals surface area contributed by atoms with E-state index >= 15 is 0 Å². The van der Waals surface area contributed by atoms with Crippen LogP contribution >= 0.6 is 0 Å². The summed E-state index contributed by atoms with van der Waals surface area (Å²) in [5, 5.41) is 10.0. The molecule has 3 aliphatic rings. The molecule has 0 saturated carbocycles. The van der Waals surface area contributed by atoms with Crippen LogP contribution in [0.4, 0.5) is 0 Å². The zero-order valence-corrected chi connectivity index (χ0v) is 14.9. The largest absolute Gasteiger partial charge is 0.493 e. The molecule has 1 aliphatic carbocycles. The molecule has 1 aromatic carbocycles. The van der Waals surface area contributed by atoms with Crippen LogP contribution in [0, 0.1) is 0 Å². The molecule has 6 heteroatoms. The summed E-state index contributed by atoms with van der Waals surface area (Å²) in [6.07, 6.45) is 6.29. The molecule has 5 rings (SSSR count). The standard InChI is InChI=1S/C20H24N2O4/c1-2-24-17-9-13-5-3-4-12(13)8-14(17)20-21-6-7-22(20)15-10-25-19-16(23)11-26-18(15)19/h6-9,15-16,18-19,23H,2-5,10-11H2,1H3/t15-,16+,18+,19+/m0/s1. The van der Waals surface area contributed by atoms with Crippen molar-refractivity contribution in [2.24, 2.45) is 0 Å². The Kier molecular flexibility index (Phi) is 3.99. The van der Waals surface area contributed by atoms with Crippen molar-refractivity contribution in [2.75, 3.05) is 19.8 Å². The molecule has 2 saturated heterocycles. The van der Waals surface area contributed by atoms with E-state index in [-0.39, 0.29) is 18.2 Å². The minimum Gasteiger partial charge on any atom is -0.493 e. The maximum Gasteiger partial charge on any atom is 0.144 e. The topological polar surface area (TPSA) is 65.7 Å². The molecule has 26 heavy (non-hydrogen) atoms. The second-order valence-corrected chi connectivity index (χ2v) is 7.29. The lowest BCUT2D eigenvalue weighted by molar-refractivity contribution is 0.0172. The van der Waals surface area contributed by atoms with Crippen LogP contribution in [0.5, 0.6) is 5.75 Å². The molecular formula is C20H24N2O4. The van der Waals surface area contributed by atoms with E-state index in [0.717, 1.165) is 30.0 Å². The Bertz CT molecular complexity index is 818. The van der Waals surface area contributed by atoms with E-state index in [2.05, 4.69) is 21.7 Å². The Morgan fingerprint density at radius 1 is 1.19 bits per heavy atom. The molecule has 0 spiro atoms. The number of aliphatic hydroxyl groups excluding tert-OH is 1. The number of hydrogen-bond acceptors (Lipinski definition) is 5. The first-order valence-electron chi connectivity index (χ1n) is 9.49. The van der Waals surface area contributed by atoms with Crippen LogP contribution in [0.1, 0.15) is 30.5 Å². The van der Waals surface area contributed by atoms with Gasteiger partial charge in [-0.1, -0.05) is 0 Å². The van der Waals surface area contributed by atoms with Gasteiger partial charge in [0, 0.05) is 12.4 Å². The van der Waals surface area contributed by atoms with Gasteiger partial charge in [-0.25, -0.2) is 4.98 Å². The highest BCUT2D eigenvalue weighted by atomic mass is 16.6. The van der Waals surface area contributed by atoms with Gasteiger partial charge in [-0.15, -0.1) is 0 Å². The van der Waals surface area contributed by atoms with Gasteiger partial charge in [0.15, 0.2) is 0 Å². The number of benzene rings is 1. The fourth-order valence-corrected chi connectivity index (χ4v) is 4.54. The summed E-state index contributed by atoms with van der Waals surface area (Å²) < 4.78 is 19.7. The molecule has 0 unspecified atom stereocenters. The third-order valence-corrected chi connectivity index (χ3v) is 5.76. The van der Waals surface area contributed by atoms with Crippen molar-refractivity contribution >= 4 is 0 Å². The lowest BCUT2D eigenvalue weighted by Gasteiger charge is -2.21. The van der Waals surface area contributed by atoms with Gasteiger partial charge in [-0.05, 0) is 49.4 Å². The number of ether oxygens (including phenoxy) is 3. The monoisotopic (exact) mass is 356 g/mol. The van der Waals surface area contributed by atoms with Gasteiger partial charge >= 0.3 is 0 Å². The Hall–Kier alpha value is -1.89. The van der Waals surface area contributed by atoms with Gasteiger partial charge in [0.2, 0.25) is 0 Å². The first-order valence-corrected chi connectivity index (χ1v) is 9.49. The number of nitrogens with zero attached hydrogens (tertiary/aromatic N) is 2. The molecule has 1 aromatic heterocycles. The summed E-state index contributed by atoms with van der Waals surface area (Å²) >= 11 is 0. The summed E-state index contributed by atoms with van der Waals surface area (Å²) in [5.41, 5.74) is 3.81. The first kappa shape index (κ1) is 16.3. The molecule has 138 valence electrons. The molecule has 2 aliphatic heterocycles. The summed E-state index contributed by atoms with van der Waals surface area (Å²) in [4.78, 5) is 4.64. The SMILES string of the molecule is CCOc1cc2c(cc1-c1nccn1[C@H]1CO[C@H]3[C@@H]1OC[C@H]3O)CCC2. The Labute approximate surface area is 152 Å². The summed E-state index contributed by atoms with van der Waals surface area (Å²) in [6.45, 7) is 3.48. The highest BCUT2D eigenvalue weighted by Gasteiger charge is 2.48. The fraction of sp³-hybridized carbons (Fsp3) is 0.550. The zero-order valence-electron chi connectivity index (χ0n) is 14.9. The summed E-state index contributed by atoms with van der Waals surface area (Å²) in [5.74, 6) is 1.77. The van der Waals surface area contributed by atoms with Gasteiger partial charge < -0.3 is 23.9 Å². The Balaban J connectivity index is 1.56. The summed E-state index contributed by atoms with van der Waals surface area (Å²) in [7, 11) is 0. The molecule has 2 fully saturated rings. The van der Waals surface area contributed by atoms with Crippen molar-refractivity contribution in [3.05, 3.63) is 35.7 Å². The number of rotatable bonds is 4. The second kappa shape index (κ2) is 6.37. The van der Waals surface area contributed by atoms with Crippen LogP contribution in [0.15, 0.2) is 24.5 Å². The number of hydrogen-bond donors (Lipinski definition) is 1. The maximum atomic E-state index is 10.0. The van der Waals surface area contributed by atoms with Gasteiger partial charge in [0.25, 0.3) is 0 Å². The molecule has 0 radical (unpaired) electrons. The maximum absolute atomic E-state index is 10.0. The number of aromatic nitrogens is 2. The highest BCUT2D eigenvalue weighted by Crippen LogP contribution is 2.40. The van der Waals surface area contributed by atoms with Crippen molar-refractivity contribution in [1.29, 1.82) is 0 Å². The minimum atomic E-state index is -0.545. The van der Waals surface area contributed by atoms with Gasteiger partial charge in [-0.2, -0.15) is 0 Å². The lowest BCUT2D eigenvalue weighted by Crippen LogP contribution is -2.30. The van der Waals surface area contributed by atoms with Crippen LogP contribution in [0.2, 0.25) is 0 Å². The summed E-state index contributed by atoms with van der Waals surface area (Å²) in [6, 6.07) is 4.44. The number of fused-ring (bicyclic) bond motifs is 2. The Morgan fingerprint density at radius 2 is 2.00 bits per heavy atom. The molecule has 2 aromatic rings. The number of imidazole rings is 1. The van der Waals surface area contributed by atoms with Gasteiger partial charge in [-0.3, -0.25) is 0 Å². The van der Waals surface area contributed by atoms with Gasteiger partial charge in [0.05, 0.1) is 31.4 Å². The molecule has 4 atom stereocenters. The van der Waals surface area contributed by atoms with Crippen LogP contribution in [-0.2, 0) is 22.3 Å². The molecule has 6 nitrogen and oxygen atoms in total. The molecule has 0 bridgehead atoms. The smallest absolute Gasteiger partial charge is 0.144 e. The quantitative estimate of drug-likeness (QED) is 0.909. The predicted molar refractivity (Wildman–Crippen MR) is 95.4 cm³/mol. The Morgan fingerprint density at radius 3 is 2.85 bits per heavy atom. The average molecular weight is 356 g/mol. The minimum absolute atomic E-state index is 0.0115. The van der Waals surface area contributed by atoms with E-state index in [0.29, 0.717) is 19.8 Å². The van der Waals surface area contributed by atoms with Crippen molar-refractivity contribution in [3.8, 4) is 17.1 Å². The van der Waals surface area contributed by atoms with E-state index in [1.54, 1.807) is 0 Å².